The summed E-state index contributed by atoms with van der Waals surface area (Å²) in [6.07, 6.45) is 2.70. The van der Waals surface area contributed by atoms with Gasteiger partial charge in [0.15, 0.2) is 0 Å². The largest absolute Gasteiger partial charge is 2.00 e. The first-order valence-electron chi connectivity index (χ1n) is 15.5. The van der Waals surface area contributed by atoms with Crippen LogP contribution in [0, 0.1) is 24.3 Å². The molecule has 0 aliphatic heterocycles. The molecule has 7 nitrogen and oxygen atoms in total. The van der Waals surface area contributed by atoms with Gasteiger partial charge >= 0.3 is 42.1 Å². The molecule has 0 saturated carbocycles. The monoisotopic (exact) mass is 972 g/mol. The van der Waals surface area contributed by atoms with Crippen molar-refractivity contribution in [3.05, 3.63) is 152 Å². The fourth-order valence-corrected chi connectivity index (χ4v) is 5.05. The molecule has 0 bridgehead atoms. The number of benzene rings is 4. The maximum atomic E-state index is 8.22. The van der Waals surface area contributed by atoms with Crippen molar-refractivity contribution in [3.8, 4) is 51.5 Å². The van der Waals surface area contributed by atoms with Crippen LogP contribution in [0.1, 0.15) is 4.11 Å². The molecule has 8 aromatic rings. The summed E-state index contributed by atoms with van der Waals surface area (Å²) in [4.78, 5) is 17.3. The second-order valence-corrected chi connectivity index (χ2v) is 9.87. The van der Waals surface area contributed by atoms with Crippen LogP contribution in [0.25, 0.3) is 50.3 Å². The third-order valence-electron chi connectivity index (χ3n) is 7.02. The topological polar surface area (TPSA) is 75.0 Å². The van der Waals surface area contributed by atoms with Gasteiger partial charge in [0.25, 0.3) is 0 Å². The SMILES string of the molecule is [2H]c1nc(-n2c3[c-]c(Oc4[c-]c(-c5ccccn5)ccc4)ccc3c3ccc(Oc4[c-]c(-c5ccccn5)ccc4)[c-]c32)nc([2H])c1[2H].[Pt+2].[Pt+2]. The molecule has 0 N–H and O–H groups in total. The van der Waals surface area contributed by atoms with E-state index in [4.69, 9.17) is 13.6 Å². The average molecular weight is 973 g/mol. The van der Waals surface area contributed by atoms with Gasteiger partial charge in [-0.2, -0.15) is 22.9 Å². The number of hydrogen-bond donors (Lipinski definition) is 0. The van der Waals surface area contributed by atoms with Crippen LogP contribution >= 0.6 is 0 Å². The van der Waals surface area contributed by atoms with Gasteiger partial charge in [0, 0.05) is 47.7 Å². The van der Waals surface area contributed by atoms with Gasteiger partial charge in [-0.25, -0.2) is 9.97 Å². The molecule has 0 aliphatic carbocycles. The van der Waals surface area contributed by atoms with E-state index in [1.54, 1.807) is 41.2 Å². The Morgan fingerprint density at radius 2 is 1.00 bits per heavy atom. The molecule has 9 heteroatoms. The van der Waals surface area contributed by atoms with Gasteiger partial charge in [-0.15, -0.1) is 71.8 Å². The maximum absolute atomic E-state index is 8.22. The molecule has 4 aromatic carbocycles. The van der Waals surface area contributed by atoms with Gasteiger partial charge < -0.3 is 24.0 Å². The Bertz CT molecular complexity index is 2300. The van der Waals surface area contributed by atoms with Gasteiger partial charge in [-0.05, 0) is 29.6 Å². The third kappa shape index (κ3) is 6.64. The molecule has 4 aromatic heterocycles. The Hall–Kier alpha value is -4.96. The molecule has 4 heterocycles. The molecule has 0 saturated heterocycles. The first-order chi connectivity index (χ1) is 23.5. The van der Waals surface area contributed by atoms with Gasteiger partial charge in [0.2, 0.25) is 5.95 Å². The number of aromatic nitrogens is 5. The Kier molecular flexibility index (Phi) is 8.55. The van der Waals surface area contributed by atoms with E-state index in [0.717, 1.165) is 33.3 Å². The van der Waals surface area contributed by atoms with Crippen LogP contribution in [0.5, 0.6) is 23.0 Å². The van der Waals surface area contributed by atoms with Crippen molar-refractivity contribution < 1.29 is 55.7 Å². The zero-order chi connectivity index (χ0) is 32.6. The summed E-state index contributed by atoms with van der Waals surface area (Å²) in [7, 11) is 0. The molecule has 0 radical (unpaired) electrons. The minimum atomic E-state index is -0.373. The van der Waals surface area contributed by atoms with Crippen molar-refractivity contribution in [2.24, 2.45) is 0 Å². The molecule has 47 heavy (non-hydrogen) atoms. The fourth-order valence-electron chi connectivity index (χ4n) is 5.05. The zero-order valence-corrected chi connectivity index (χ0v) is 28.6. The van der Waals surface area contributed by atoms with Crippen LogP contribution in [0.2, 0.25) is 0 Å². The Labute approximate surface area is 304 Å². The van der Waals surface area contributed by atoms with Gasteiger partial charge in [0.05, 0.1) is 4.11 Å². The van der Waals surface area contributed by atoms with Crippen LogP contribution in [-0.4, -0.2) is 24.5 Å². The second-order valence-electron chi connectivity index (χ2n) is 9.87. The van der Waals surface area contributed by atoms with Gasteiger partial charge in [-0.1, -0.05) is 47.4 Å². The van der Waals surface area contributed by atoms with Crippen LogP contribution in [0.15, 0.2) is 128 Å². The van der Waals surface area contributed by atoms with Crippen molar-refractivity contribution in [1.29, 1.82) is 0 Å². The van der Waals surface area contributed by atoms with Crippen molar-refractivity contribution in [3.63, 3.8) is 0 Å². The quantitative estimate of drug-likeness (QED) is 0.149. The predicted molar refractivity (Wildman–Crippen MR) is 171 cm³/mol. The summed E-state index contributed by atoms with van der Waals surface area (Å²) in [6.45, 7) is 0. The van der Waals surface area contributed by atoms with Crippen molar-refractivity contribution >= 4 is 21.8 Å². The van der Waals surface area contributed by atoms with E-state index >= 15 is 0 Å². The van der Waals surface area contributed by atoms with Crippen molar-refractivity contribution in [1.82, 2.24) is 24.5 Å². The second kappa shape index (κ2) is 14.2. The van der Waals surface area contributed by atoms with Gasteiger partial charge in [-0.3, -0.25) is 0 Å². The molecule has 0 amide bonds. The van der Waals surface area contributed by atoms with E-state index in [1.807, 2.05) is 72.8 Å². The first-order valence-corrected chi connectivity index (χ1v) is 14.0. The van der Waals surface area contributed by atoms with Crippen LogP contribution in [0.3, 0.4) is 0 Å². The minimum absolute atomic E-state index is 0. The van der Waals surface area contributed by atoms with Crippen LogP contribution < -0.4 is 9.47 Å². The number of hydrogen-bond acceptors (Lipinski definition) is 6. The molecule has 8 rings (SSSR count). The van der Waals surface area contributed by atoms with Crippen LogP contribution in [0.4, 0.5) is 0 Å². The standard InChI is InChI=1S/C38H21N5O2.2Pt/c1-3-18-39-34(12-1)26-8-5-10-28(22-26)44-30-14-16-32-33-17-15-31(25-37(33)43(36(32)24-30)38-41-20-7-21-42-38)45-29-11-6-9-27(23-29)35-13-2-4-19-40-35;;/h1-21H;;/q-4;2*+2/i7D,20D,21D;;. The summed E-state index contributed by atoms with van der Waals surface area (Å²) in [5.41, 5.74) is 4.15. The fraction of sp³-hybridized carbons (Fsp3) is 0. The molecule has 0 spiro atoms. The Morgan fingerprint density at radius 1 is 0.511 bits per heavy atom. The number of nitrogens with zero attached hydrogens (tertiary/aromatic N) is 5. The van der Waals surface area contributed by atoms with E-state index in [0.29, 0.717) is 34.0 Å². The summed E-state index contributed by atoms with van der Waals surface area (Å²) in [6, 6.07) is 42.7. The maximum Gasteiger partial charge on any atom is 2.00 e. The summed E-state index contributed by atoms with van der Waals surface area (Å²) < 4.78 is 38.5. The van der Waals surface area contributed by atoms with E-state index in [9.17, 15) is 0 Å². The Morgan fingerprint density at radius 3 is 1.47 bits per heavy atom. The molecule has 0 atom stereocenters. The predicted octanol–water partition coefficient (Wildman–Crippen LogP) is 8.48. The van der Waals surface area contributed by atoms with E-state index in [2.05, 4.69) is 44.2 Å². The average Bonchev–Trinajstić information content (AvgIpc) is 3.44. The van der Waals surface area contributed by atoms with E-state index < -0.39 is 0 Å². The number of pyridine rings is 2. The molecule has 230 valence electrons. The summed E-state index contributed by atoms with van der Waals surface area (Å²) in [5, 5.41) is 1.57. The van der Waals surface area contributed by atoms with E-state index in [-0.39, 0.29) is 66.5 Å². The molecular weight excluding hydrogens is 949 g/mol. The zero-order valence-electron chi connectivity index (χ0n) is 27.1. The summed E-state index contributed by atoms with van der Waals surface area (Å²) in [5.74, 6) is 1.76. The third-order valence-corrected chi connectivity index (χ3v) is 7.02. The molecule has 0 unspecified atom stereocenters. The minimum Gasteiger partial charge on any atom is -0.503 e. The smallest absolute Gasteiger partial charge is 0.503 e. The van der Waals surface area contributed by atoms with Crippen LogP contribution in [-0.2, 0) is 42.1 Å². The van der Waals surface area contributed by atoms with Gasteiger partial charge in [0.1, 0.15) is 0 Å². The first kappa shape index (κ1) is 28.3. The van der Waals surface area contributed by atoms with Crippen molar-refractivity contribution in [2.45, 2.75) is 0 Å². The normalized spacial score (nSPS) is 11.5. The van der Waals surface area contributed by atoms with E-state index in [1.165, 1.54) is 0 Å². The molecular formula is C38H21N5O2Pt2. The molecule has 0 fully saturated rings. The van der Waals surface area contributed by atoms with Crippen molar-refractivity contribution in [2.75, 3.05) is 0 Å². The Balaban J connectivity index is 0.00000216. The number of ether oxygens (including phenoxy) is 2. The molecule has 0 aliphatic rings. The summed E-state index contributed by atoms with van der Waals surface area (Å²) >= 11 is 0. The number of fused-ring (bicyclic) bond motifs is 3. The number of rotatable bonds is 7.